The highest BCUT2D eigenvalue weighted by Gasteiger charge is 2.33. The first-order chi connectivity index (χ1) is 9.11. The van der Waals surface area contributed by atoms with Crippen molar-refractivity contribution >= 4 is 0 Å². The third-order valence-electron chi connectivity index (χ3n) is 4.60. The zero-order valence-electron chi connectivity index (χ0n) is 13.1. The van der Waals surface area contributed by atoms with Crippen molar-refractivity contribution in [2.45, 2.75) is 77.0 Å². The Morgan fingerprint density at radius 2 is 2.16 bits per heavy atom. The fraction of sp³-hybridized carbons (Fsp3) is 1.00. The average Bonchev–Trinajstić information content (AvgIpc) is 2.86. The van der Waals surface area contributed by atoms with Gasteiger partial charge in [-0.2, -0.15) is 0 Å². The fourth-order valence-electron chi connectivity index (χ4n) is 3.49. The van der Waals surface area contributed by atoms with Crippen molar-refractivity contribution in [3.63, 3.8) is 0 Å². The molecule has 0 spiro atoms. The Hall–Kier alpha value is -0.120. The molecule has 3 heteroatoms. The minimum Gasteiger partial charge on any atom is -0.375 e. The van der Waals surface area contributed by atoms with Crippen LogP contribution in [0.2, 0.25) is 0 Å². The zero-order chi connectivity index (χ0) is 13.7. The Bertz CT molecular complexity index is 261. The van der Waals surface area contributed by atoms with Gasteiger partial charge in [-0.1, -0.05) is 13.3 Å². The molecule has 2 aliphatic heterocycles. The van der Waals surface area contributed by atoms with Crippen molar-refractivity contribution < 1.29 is 4.74 Å². The van der Waals surface area contributed by atoms with Gasteiger partial charge in [0.15, 0.2) is 0 Å². The van der Waals surface area contributed by atoms with Gasteiger partial charge in [-0.15, -0.1) is 0 Å². The summed E-state index contributed by atoms with van der Waals surface area (Å²) < 4.78 is 5.88. The van der Waals surface area contributed by atoms with Crippen LogP contribution in [0.15, 0.2) is 0 Å². The molecule has 19 heavy (non-hydrogen) atoms. The van der Waals surface area contributed by atoms with E-state index < -0.39 is 0 Å². The van der Waals surface area contributed by atoms with Crippen molar-refractivity contribution in [1.29, 1.82) is 0 Å². The molecular weight excluding hydrogens is 236 g/mol. The molecule has 0 amide bonds. The quantitative estimate of drug-likeness (QED) is 0.801. The maximum atomic E-state index is 5.88. The van der Waals surface area contributed by atoms with E-state index in [4.69, 9.17) is 4.74 Å². The third-order valence-corrected chi connectivity index (χ3v) is 4.60. The number of rotatable bonds is 6. The van der Waals surface area contributed by atoms with Crippen molar-refractivity contribution in [1.82, 2.24) is 10.2 Å². The number of hydrogen-bond donors (Lipinski definition) is 1. The van der Waals surface area contributed by atoms with Crippen LogP contribution in [0.5, 0.6) is 0 Å². The molecule has 2 rings (SSSR count). The van der Waals surface area contributed by atoms with E-state index in [1.807, 2.05) is 0 Å². The van der Waals surface area contributed by atoms with Crippen LogP contribution in [0.1, 0.15) is 59.3 Å². The van der Waals surface area contributed by atoms with Crippen molar-refractivity contribution in [2.75, 3.05) is 26.2 Å². The van der Waals surface area contributed by atoms with E-state index in [2.05, 4.69) is 31.0 Å². The van der Waals surface area contributed by atoms with Crippen LogP contribution in [0.3, 0.4) is 0 Å². The predicted octanol–water partition coefficient (Wildman–Crippen LogP) is 2.80. The maximum absolute atomic E-state index is 5.88. The molecule has 3 nitrogen and oxygen atoms in total. The van der Waals surface area contributed by atoms with Crippen LogP contribution in [0.4, 0.5) is 0 Å². The predicted molar refractivity (Wildman–Crippen MR) is 80.6 cm³/mol. The summed E-state index contributed by atoms with van der Waals surface area (Å²) in [5.74, 6) is 0. The smallest absolute Gasteiger partial charge is 0.0641 e. The van der Waals surface area contributed by atoms with E-state index in [-0.39, 0.29) is 5.60 Å². The molecule has 0 aromatic heterocycles. The lowest BCUT2D eigenvalue weighted by molar-refractivity contribution is -0.0841. The molecule has 2 fully saturated rings. The van der Waals surface area contributed by atoms with Crippen LogP contribution in [-0.2, 0) is 4.74 Å². The highest BCUT2D eigenvalue weighted by Crippen LogP contribution is 2.28. The standard InChI is InChI=1S/C16H32N2O/c1-4-5-10-18(13-14-7-6-9-17-14)15-8-11-19-16(2,3)12-15/h14-15,17H,4-13H2,1-3H3. The average molecular weight is 268 g/mol. The Balaban J connectivity index is 1.91. The SMILES string of the molecule is CCCCN(CC1CCCN1)C1CCOC(C)(C)C1. The summed E-state index contributed by atoms with van der Waals surface area (Å²) in [4.78, 5) is 2.75. The summed E-state index contributed by atoms with van der Waals surface area (Å²) >= 11 is 0. The van der Waals surface area contributed by atoms with Gasteiger partial charge in [0.05, 0.1) is 5.60 Å². The van der Waals surface area contributed by atoms with Crippen LogP contribution in [0.25, 0.3) is 0 Å². The molecule has 0 aromatic carbocycles. The number of unbranched alkanes of at least 4 members (excludes halogenated alkanes) is 1. The first kappa shape index (κ1) is 15.3. The topological polar surface area (TPSA) is 24.5 Å². The number of nitrogens with zero attached hydrogens (tertiary/aromatic N) is 1. The van der Waals surface area contributed by atoms with Crippen molar-refractivity contribution in [2.24, 2.45) is 0 Å². The van der Waals surface area contributed by atoms with Crippen molar-refractivity contribution in [3.8, 4) is 0 Å². The highest BCUT2D eigenvalue weighted by molar-refractivity contribution is 4.87. The van der Waals surface area contributed by atoms with E-state index in [0.29, 0.717) is 0 Å². The molecule has 0 aliphatic carbocycles. The van der Waals surface area contributed by atoms with Gasteiger partial charge in [0, 0.05) is 25.2 Å². The molecule has 2 saturated heterocycles. The van der Waals surface area contributed by atoms with Gasteiger partial charge in [-0.3, -0.25) is 4.90 Å². The summed E-state index contributed by atoms with van der Waals surface area (Å²) in [5, 5.41) is 3.65. The Labute approximate surface area is 119 Å². The monoisotopic (exact) mass is 268 g/mol. The third kappa shape index (κ3) is 4.73. The number of nitrogens with one attached hydrogen (secondary N) is 1. The lowest BCUT2D eigenvalue weighted by Gasteiger charge is -2.42. The largest absolute Gasteiger partial charge is 0.375 e. The summed E-state index contributed by atoms with van der Waals surface area (Å²) in [6.07, 6.45) is 7.72. The van der Waals surface area contributed by atoms with Crippen LogP contribution in [-0.4, -0.2) is 48.8 Å². The number of ether oxygens (including phenoxy) is 1. The van der Waals surface area contributed by atoms with Gasteiger partial charge in [0.2, 0.25) is 0 Å². The second-order valence-electron chi connectivity index (χ2n) is 6.90. The minimum absolute atomic E-state index is 0.0660. The molecule has 0 radical (unpaired) electrons. The fourth-order valence-corrected chi connectivity index (χ4v) is 3.49. The van der Waals surface area contributed by atoms with Gasteiger partial charge in [0.1, 0.15) is 0 Å². The van der Waals surface area contributed by atoms with E-state index in [0.717, 1.165) is 18.7 Å². The Morgan fingerprint density at radius 1 is 1.32 bits per heavy atom. The highest BCUT2D eigenvalue weighted by atomic mass is 16.5. The molecule has 2 aliphatic rings. The number of hydrogen-bond acceptors (Lipinski definition) is 3. The van der Waals surface area contributed by atoms with E-state index in [1.165, 1.54) is 58.2 Å². The molecule has 2 atom stereocenters. The molecule has 1 N–H and O–H groups in total. The summed E-state index contributed by atoms with van der Waals surface area (Å²) in [5.41, 5.74) is 0.0660. The molecule has 2 heterocycles. The van der Waals surface area contributed by atoms with Crippen LogP contribution < -0.4 is 5.32 Å². The maximum Gasteiger partial charge on any atom is 0.0641 e. The molecule has 2 unspecified atom stereocenters. The minimum atomic E-state index is 0.0660. The van der Waals surface area contributed by atoms with Gasteiger partial charge >= 0.3 is 0 Å². The van der Waals surface area contributed by atoms with Crippen LogP contribution in [0, 0.1) is 0 Å². The molecule has 0 saturated carbocycles. The molecular formula is C16H32N2O. The van der Waals surface area contributed by atoms with Gasteiger partial charge in [-0.25, -0.2) is 0 Å². The van der Waals surface area contributed by atoms with Gasteiger partial charge in [-0.05, 0) is 59.0 Å². The normalized spacial score (nSPS) is 30.9. The van der Waals surface area contributed by atoms with E-state index in [9.17, 15) is 0 Å². The lowest BCUT2D eigenvalue weighted by Crippen LogP contribution is -2.49. The zero-order valence-corrected chi connectivity index (χ0v) is 13.1. The second-order valence-corrected chi connectivity index (χ2v) is 6.90. The lowest BCUT2D eigenvalue weighted by atomic mass is 9.92. The summed E-state index contributed by atoms with van der Waals surface area (Å²) in [7, 11) is 0. The Morgan fingerprint density at radius 3 is 2.79 bits per heavy atom. The second kappa shape index (κ2) is 7.05. The summed E-state index contributed by atoms with van der Waals surface area (Å²) in [6, 6.07) is 1.44. The first-order valence-corrected chi connectivity index (χ1v) is 8.22. The van der Waals surface area contributed by atoms with Crippen LogP contribution >= 0.6 is 0 Å². The summed E-state index contributed by atoms with van der Waals surface area (Å²) in [6.45, 7) is 11.4. The van der Waals surface area contributed by atoms with Gasteiger partial charge in [0.25, 0.3) is 0 Å². The van der Waals surface area contributed by atoms with Gasteiger partial charge < -0.3 is 10.1 Å². The molecule has 112 valence electrons. The molecule has 0 bridgehead atoms. The molecule has 0 aromatic rings. The van der Waals surface area contributed by atoms with Crippen molar-refractivity contribution in [3.05, 3.63) is 0 Å². The van der Waals surface area contributed by atoms with E-state index >= 15 is 0 Å². The Kier molecular flexibility index (Phi) is 5.67. The van der Waals surface area contributed by atoms with E-state index in [1.54, 1.807) is 0 Å². The first-order valence-electron chi connectivity index (χ1n) is 8.22.